The number of hydrogen-bond acceptors (Lipinski definition) is 5. The van der Waals surface area contributed by atoms with Crippen LogP contribution in [-0.2, 0) is 0 Å². The molecule has 0 bridgehead atoms. The van der Waals surface area contributed by atoms with Crippen molar-refractivity contribution < 1.29 is 10.2 Å². The van der Waals surface area contributed by atoms with Crippen LogP contribution in [0, 0.1) is 0 Å². The van der Waals surface area contributed by atoms with Gasteiger partial charge in [-0.1, -0.05) is 0 Å². The fraction of sp³-hybridized carbons (Fsp3) is 1.00. The molecule has 0 aliphatic carbocycles. The minimum Gasteiger partial charge on any atom is -0.395 e. The molecule has 15 heavy (non-hydrogen) atoms. The largest absolute Gasteiger partial charge is 0.395 e. The van der Waals surface area contributed by atoms with Gasteiger partial charge >= 0.3 is 0 Å². The molecule has 1 unspecified atom stereocenters. The summed E-state index contributed by atoms with van der Waals surface area (Å²) in [6.07, 6.45) is 0. The third-order valence-electron chi connectivity index (χ3n) is 2.21. The topological polar surface area (TPSA) is 67.8 Å². The molecular weight excluding hydrogens is 194 g/mol. The van der Waals surface area contributed by atoms with Gasteiger partial charge in [-0.3, -0.25) is 0 Å². The average Bonchev–Trinajstić information content (AvgIpc) is 2.20. The number of likely N-dealkylation sites (N-methyl/N-ethyl adjacent to an activating group) is 1. The van der Waals surface area contributed by atoms with Crippen LogP contribution >= 0.6 is 0 Å². The van der Waals surface area contributed by atoms with Gasteiger partial charge in [-0.15, -0.1) is 0 Å². The smallest absolute Gasteiger partial charge is 0.0558 e. The van der Waals surface area contributed by atoms with E-state index in [1.54, 1.807) is 0 Å². The first-order chi connectivity index (χ1) is 7.20. The fourth-order valence-corrected chi connectivity index (χ4v) is 1.25. The van der Waals surface area contributed by atoms with Crippen molar-refractivity contribution in [1.29, 1.82) is 0 Å². The van der Waals surface area contributed by atoms with Crippen molar-refractivity contribution in [3.63, 3.8) is 0 Å². The monoisotopic (exact) mass is 219 g/mol. The molecule has 1 fully saturated rings. The van der Waals surface area contributed by atoms with Crippen molar-refractivity contribution in [3.8, 4) is 0 Å². The Labute approximate surface area is 92.5 Å². The molecule has 0 aromatic rings. The lowest BCUT2D eigenvalue weighted by molar-refractivity contribution is 0.184. The molecular formula is C10H25N3O2. The van der Waals surface area contributed by atoms with E-state index < -0.39 is 0 Å². The molecule has 0 spiro atoms. The summed E-state index contributed by atoms with van der Waals surface area (Å²) in [6.45, 7) is 7.17. The maximum atomic E-state index is 8.34. The van der Waals surface area contributed by atoms with Crippen molar-refractivity contribution >= 4 is 0 Å². The van der Waals surface area contributed by atoms with E-state index >= 15 is 0 Å². The average molecular weight is 219 g/mol. The first-order valence-corrected chi connectivity index (χ1v) is 5.55. The summed E-state index contributed by atoms with van der Waals surface area (Å²) in [5.41, 5.74) is 0. The third-order valence-corrected chi connectivity index (χ3v) is 2.21. The van der Waals surface area contributed by atoms with Gasteiger partial charge in [0.25, 0.3) is 0 Å². The van der Waals surface area contributed by atoms with Crippen molar-refractivity contribution in [1.82, 2.24) is 15.5 Å². The van der Waals surface area contributed by atoms with Crippen molar-refractivity contribution in [2.24, 2.45) is 0 Å². The molecule has 4 N–H and O–H groups in total. The first-order valence-electron chi connectivity index (χ1n) is 5.55. The van der Waals surface area contributed by atoms with E-state index in [2.05, 4.69) is 17.6 Å². The fourth-order valence-electron chi connectivity index (χ4n) is 1.25. The maximum Gasteiger partial charge on any atom is 0.0558 e. The zero-order valence-electron chi connectivity index (χ0n) is 9.87. The number of aliphatic hydroxyl groups is 2. The van der Waals surface area contributed by atoms with Crippen LogP contribution in [0.2, 0.25) is 0 Å². The molecule has 1 saturated heterocycles. The number of piperazine rings is 1. The molecule has 1 aliphatic heterocycles. The van der Waals surface area contributed by atoms with Gasteiger partial charge in [-0.2, -0.15) is 0 Å². The normalized spacial score (nSPS) is 21.0. The Morgan fingerprint density at radius 2 is 1.80 bits per heavy atom. The van der Waals surface area contributed by atoms with Crippen LogP contribution in [0.3, 0.4) is 0 Å². The van der Waals surface area contributed by atoms with E-state index in [0.717, 1.165) is 19.6 Å². The number of nitrogens with zero attached hydrogens (tertiary/aromatic N) is 1. The molecule has 5 nitrogen and oxygen atoms in total. The van der Waals surface area contributed by atoms with Gasteiger partial charge in [0, 0.05) is 38.8 Å². The molecule has 0 saturated carbocycles. The van der Waals surface area contributed by atoms with Crippen LogP contribution in [0.1, 0.15) is 6.92 Å². The van der Waals surface area contributed by atoms with Crippen LogP contribution in [0.4, 0.5) is 0 Å². The molecule has 0 radical (unpaired) electrons. The lowest BCUT2D eigenvalue weighted by atomic mass is 10.3. The number of rotatable bonds is 4. The van der Waals surface area contributed by atoms with Gasteiger partial charge in [-0.05, 0) is 14.0 Å². The molecule has 1 rings (SSSR count). The molecule has 1 heterocycles. The Morgan fingerprint density at radius 3 is 2.07 bits per heavy atom. The van der Waals surface area contributed by atoms with Crippen LogP contribution in [-0.4, -0.2) is 74.1 Å². The number of aliphatic hydroxyl groups excluding tert-OH is 2. The van der Waals surface area contributed by atoms with E-state index in [0.29, 0.717) is 19.1 Å². The second kappa shape index (κ2) is 10.3. The maximum absolute atomic E-state index is 8.34. The van der Waals surface area contributed by atoms with E-state index in [9.17, 15) is 0 Å². The highest BCUT2D eigenvalue weighted by Gasteiger charge is 2.03. The summed E-state index contributed by atoms with van der Waals surface area (Å²) in [4.78, 5) is 1.86. The lowest BCUT2D eigenvalue weighted by Crippen LogP contribution is -2.46. The highest BCUT2D eigenvalue weighted by atomic mass is 16.3. The number of nitrogens with one attached hydrogen (secondary N) is 2. The lowest BCUT2D eigenvalue weighted by Gasteiger charge is -2.19. The predicted molar refractivity (Wildman–Crippen MR) is 62.0 cm³/mol. The summed E-state index contributed by atoms with van der Waals surface area (Å²) >= 11 is 0. The number of hydrogen-bond donors (Lipinski definition) is 4. The van der Waals surface area contributed by atoms with E-state index in [1.807, 2.05) is 11.9 Å². The minimum absolute atomic E-state index is 0.163. The molecule has 92 valence electrons. The van der Waals surface area contributed by atoms with Gasteiger partial charge in [-0.25, -0.2) is 0 Å². The highest BCUT2D eigenvalue weighted by molar-refractivity contribution is 4.69. The zero-order valence-corrected chi connectivity index (χ0v) is 9.87. The molecule has 0 aromatic heterocycles. The van der Waals surface area contributed by atoms with Crippen molar-refractivity contribution in [3.05, 3.63) is 0 Å². The molecule has 1 aliphatic rings. The van der Waals surface area contributed by atoms with Gasteiger partial charge < -0.3 is 25.7 Å². The van der Waals surface area contributed by atoms with Crippen molar-refractivity contribution in [2.75, 3.05) is 53.0 Å². The van der Waals surface area contributed by atoms with E-state index in [4.69, 9.17) is 10.2 Å². The molecule has 0 amide bonds. The standard InChI is InChI=1S/C5H12N2.C5H13NO2/c1-5-4-6-2-3-7-5;1-6(2-4-7)3-5-8/h5-7H,2-4H2,1H3;7-8H,2-5H2,1H3. The van der Waals surface area contributed by atoms with Crippen LogP contribution in [0.15, 0.2) is 0 Å². The summed E-state index contributed by atoms with van der Waals surface area (Å²) in [5, 5.41) is 23.3. The van der Waals surface area contributed by atoms with Crippen LogP contribution in [0.25, 0.3) is 0 Å². The zero-order chi connectivity index (χ0) is 11.5. The van der Waals surface area contributed by atoms with E-state index in [-0.39, 0.29) is 13.2 Å². The highest BCUT2D eigenvalue weighted by Crippen LogP contribution is 1.80. The first kappa shape index (κ1) is 14.8. The second-order valence-electron chi connectivity index (χ2n) is 3.81. The van der Waals surface area contributed by atoms with Crippen LogP contribution in [0.5, 0.6) is 0 Å². The second-order valence-corrected chi connectivity index (χ2v) is 3.81. The SMILES string of the molecule is CC1CNCCN1.CN(CCO)CCO. The van der Waals surface area contributed by atoms with Gasteiger partial charge in [0.05, 0.1) is 13.2 Å². The Bertz CT molecular complexity index is 124. The van der Waals surface area contributed by atoms with Crippen LogP contribution < -0.4 is 10.6 Å². The van der Waals surface area contributed by atoms with Crippen molar-refractivity contribution in [2.45, 2.75) is 13.0 Å². The summed E-state index contributed by atoms with van der Waals surface area (Å²) in [6, 6.07) is 0.675. The molecule has 5 heteroatoms. The summed E-state index contributed by atoms with van der Waals surface area (Å²) in [5.74, 6) is 0. The van der Waals surface area contributed by atoms with Gasteiger partial charge in [0.1, 0.15) is 0 Å². The van der Waals surface area contributed by atoms with Gasteiger partial charge in [0.2, 0.25) is 0 Å². The molecule has 1 atom stereocenters. The predicted octanol–water partition coefficient (Wildman–Crippen LogP) is -1.53. The van der Waals surface area contributed by atoms with Gasteiger partial charge in [0.15, 0.2) is 0 Å². The Balaban J connectivity index is 0.000000262. The quantitative estimate of drug-likeness (QED) is 0.462. The summed E-state index contributed by atoms with van der Waals surface area (Å²) in [7, 11) is 1.85. The Kier molecular flexibility index (Phi) is 10.2. The van der Waals surface area contributed by atoms with E-state index in [1.165, 1.54) is 0 Å². The molecule has 0 aromatic carbocycles. The Morgan fingerprint density at radius 1 is 1.20 bits per heavy atom. The minimum atomic E-state index is 0.163. The third kappa shape index (κ3) is 10.1. The summed E-state index contributed by atoms with van der Waals surface area (Å²) < 4.78 is 0. The Hall–Kier alpha value is -0.200.